The zero-order valence-electron chi connectivity index (χ0n) is 10.6. The smallest absolute Gasteiger partial charge is 0.257 e. The number of carbonyl (C=O) groups excluding carboxylic acids is 1. The van der Waals surface area contributed by atoms with Gasteiger partial charge in [0.1, 0.15) is 0 Å². The number of amides is 1. The van der Waals surface area contributed by atoms with Gasteiger partial charge in [-0.2, -0.15) is 4.98 Å². The van der Waals surface area contributed by atoms with Gasteiger partial charge < -0.3 is 9.84 Å². The number of nitrogens with one attached hydrogen (secondary N) is 1. The van der Waals surface area contributed by atoms with E-state index in [1.165, 1.54) is 0 Å². The Morgan fingerprint density at radius 3 is 2.78 bits per heavy atom. The monoisotopic (exact) mass is 245 g/mol. The topological polar surface area (TPSA) is 68.0 Å². The maximum atomic E-state index is 11.6. The SMILES string of the molecule is Cc1noc(-c2cccc(NC(=O)C(C)C)c2)n1. The van der Waals surface area contributed by atoms with Crippen LogP contribution in [-0.2, 0) is 4.79 Å². The van der Waals surface area contributed by atoms with Gasteiger partial charge in [0.15, 0.2) is 5.82 Å². The molecular formula is C13H15N3O2. The maximum Gasteiger partial charge on any atom is 0.257 e. The normalized spacial score (nSPS) is 10.7. The molecule has 0 unspecified atom stereocenters. The summed E-state index contributed by atoms with van der Waals surface area (Å²) in [5.41, 5.74) is 1.51. The molecule has 0 spiro atoms. The fraction of sp³-hybridized carbons (Fsp3) is 0.308. The summed E-state index contributed by atoms with van der Waals surface area (Å²) < 4.78 is 5.08. The van der Waals surface area contributed by atoms with Crippen molar-refractivity contribution in [2.24, 2.45) is 5.92 Å². The highest BCUT2D eigenvalue weighted by molar-refractivity contribution is 5.92. The molecule has 1 aromatic carbocycles. The van der Waals surface area contributed by atoms with Crippen molar-refractivity contribution in [1.82, 2.24) is 10.1 Å². The van der Waals surface area contributed by atoms with Crippen LogP contribution in [0.1, 0.15) is 19.7 Å². The number of nitrogens with zero attached hydrogens (tertiary/aromatic N) is 2. The molecule has 0 saturated carbocycles. The molecule has 1 heterocycles. The minimum atomic E-state index is -0.0562. The molecule has 0 atom stereocenters. The van der Waals surface area contributed by atoms with Crippen molar-refractivity contribution in [1.29, 1.82) is 0 Å². The average molecular weight is 245 g/mol. The van der Waals surface area contributed by atoms with Crippen LogP contribution in [0.25, 0.3) is 11.5 Å². The first kappa shape index (κ1) is 12.3. The van der Waals surface area contributed by atoms with Crippen LogP contribution in [0.3, 0.4) is 0 Å². The van der Waals surface area contributed by atoms with E-state index in [2.05, 4.69) is 15.5 Å². The molecule has 5 nitrogen and oxygen atoms in total. The van der Waals surface area contributed by atoms with Crippen LogP contribution in [0, 0.1) is 12.8 Å². The summed E-state index contributed by atoms with van der Waals surface area (Å²) in [7, 11) is 0. The van der Waals surface area contributed by atoms with Gasteiger partial charge in [0.25, 0.3) is 5.89 Å². The van der Waals surface area contributed by atoms with Gasteiger partial charge in [-0.3, -0.25) is 4.79 Å². The van der Waals surface area contributed by atoms with Crippen LogP contribution in [0.4, 0.5) is 5.69 Å². The Labute approximate surface area is 105 Å². The molecule has 0 saturated heterocycles. The van der Waals surface area contributed by atoms with Crippen molar-refractivity contribution >= 4 is 11.6 Å². The van der Waals surface area contributed by atoms with Crippen molar-refractivity contribution in [3.05, 3.63) is 30.1 Å². The summed E-state index contributed by atoms with van der Waals surface area (Å²) in [4.78, 5) is 15.7. The van der Waals surface area contributed by atoms with Crippen LogP contribution in [0.5, 0.6) is 0 Å². The molecule has 2 rings (SSSR count). The number of benzene rings is 1. The third-order valence-corrected chi connectivity index (χ3v) is 2.43. The zero-order valence-corrected chi connectivity index (χ0v) is 10.6. The van der Waals surface area contributed by atoms with Crippen molar-refractivity contribution < 1.29 is 9.32 Å². The fourth-order valence-corrected chi connectivity index (χ4v) is 1.43. The Balaban J connectivity index is 2.23. The Morgan fingerprint density at radius 1 is 1.39 bits per heavy atom. The second kappa shape index (κ2) is 5.00. The number of hydrogen-bond acceptors (Lipinski definition) is 4. The van der Waals surface area contributed by atoms with Gasteiger partial charge in [-0.1, -0.05) is 25.1 Å². The lowest BCUT2D eigenvalue weighted by Gasteiger charge is -2.07. The van der Waals surface area contributed by atoms with E-state index < -0.39 is 0 Å². The minimum Gasteiger partial charge on any atom is -0.334 e. The van der Waals surface area contributed by atoms with E-state index in [4.69, 9.17) is 4.52 Å². The third-order valence-electron chi connectivity index (χ3n) is 2.43. The third kappa shape index (κ3) is 2.74. The largest absolute Gasteiger partial charge is 0.334 e. The summed E-state index contributed by atoms with van der Waals surface area (Å²) in [5.74, 6) is 0.961. The number of carbonyl (C=O) groups is 1. The summed E-state index contributed by atoms with van der Waals surface area (Å²) in [6.45, 7) is 5.46. The standard InChI is InChI=1S/C13H15N3O2/c1-8(2)12(17)15-11-6-4-5-10(7-11)13-14-9(3)16-18-13/h4-8H,1-3H3,(H,15,17). The summed E-state index contributed by atoms with van der Waals surface area (Å²) in [6, 6.07) is 7.34. The van der Waals surface area contributed by atoms with E-state index in [1.807, 2.05) is 38.1 Å². The van der Waals surface area contributed by atoms with E-state index in [1.54, 1.807) is 6.92 Å². The van der Waals surface area contributed by atoms with Gasteiger partial charge in [-0.25, -0.2) is 0 Å². The molecule has 0 radical (unpaired) electrons. The van der Waals surface area contributed by atoms with Gasteiger partial charge in [-0.05, 0) is 25.1 Å². The van der Waals surface area contributed by atoms with Crippen molar-refractivity contribution in [2.45, 2.75) is 20.8 Å². The Hall–Kier alpha value is -2.17. The number of aryl methyl sites for hydroxylation is 1. The number of rotatable bonds is 3. The van der Waals surface area contributed by atoms with Gasteiger partial charge in [-0.15, -0.1) is 0 Å². The van der Waals surface area contributed by atoms with E-state index in [0.717, 1.165) is 11.3 Å². The van der Waals surface area contributed by atoms with E-state index in [9.17, 15) is 4.79 Å². The average Bonchev–Trinajstić information content (AvgIpc) is 2.76. The summed E-state index contributed by atoms with van der Waals surface area (Å²) in [5, 5.41) is 6.57. The van der Waals surface area contributed by atoms with Crippen LogP contribution in [0.2, 0.25) is 0 Å². The van der Waals surface area contributed by atoms with Crippen molar-refractivity contribution in [3.8, 4) is 11.5 Å². The quantitative estimate of drug-likeness (QED) is 0.902. The molecule has 0 bridgehead atoms. The second-order valence-corrected chi connectivity index (χ2v) is 4.37. The Morgan fingerprint density at radius 2 is 2.17 bits per heavy atom. The van der Waals surface area contributed by atoms with Crippen molar-refractivity contribution in [3.63, 3.8) is 0 Å². The van der Waals surface area contributed by atoms with E-state index >= 15 is 0 Å². The van der Waals surface area contributed by atoms with Gasteiger partial charge in [0.05, 0.1) is 0 Å². The lowest BCUT2D eigenvalue weighted by atomic mass is 10.1. The van der Waals surface area contributed by atoms with Gasteiger partial charge in [0.2, 0.25) is 5.91 Å². The molecule has 5 heteroatoms. The first-order chi connectivity index (χ1) is 8.56. The highest BCUT2D eigenvalue weighted by atomic mass is 16.5. The molecule has 1 amide bonds. The van der Waals surface area contributed by atoms with Crippen LogP contribution in [-0.4, -0.2) is 16.0 Å². The number of anilines is 1. The Bertz CT molecular complexity index is 561. The van der Waals surface area contributed by atoms with E-state index in [0.29, 0.717) is 11.7 Å². The molecule has 0 aliphatic carbocycles. The van der Waals surface area contributed by atoms with Gasteiger partial charge >= 0.3 is 0 Å². The van der Waals surface area contributed by atoms with Gasteiger partial charge in [0, 0.05) is 17.2 Å². The summed E-state index contributed by atoms with van der Waals surface area (Å²) in [6.07, 6.45) is 0. The molecule has 1 aromatic heterocycles. The highest BCUT2D eigenvalue weighted by Gasteiger charge is 2.10. The lowest BCUT2D eigenvalue weighted by molar-refractivity contribution is -0.118. The fourth-order valence-electron chi connectivity index (χ4n) is 1.43. The molecular weight excluding hydrogens is 230 g/mol. The zero-order chi connectivity index (χ0) is 13.1. The Kier molecular flexibility index (Phi) is 3.41. The first-order valence-electron chi connectivity index (χ1n) is 5.78. The first-order valence-corrected chi connectivity index (χ1v) is 5.78. The van der Waals surface area contributed by atoms with Crippen molar-refractivity contribution in [2.75, 3.05) is 5.32 Å². The predicted octanol–water partition coefficient (Wildman–Crippen LogP) is 2.64. The minimum absolute atomic E-state index is 0.0196. The van der Waals surface area contributed by atoms with E-state index in [-0.39, 0.29) is 11.8 Å². The predicted molar refractivity (Wildman–Crippen MR) is 67.9 cm³/mol. The summed E-state index contributed by atoms with van der Waals surface area (Å²) >= 11 is 0. The number of aromatic nitrogens is 2. The molecule has 18 heavy (non-hydrogen) atoms. The molecule has 0 fully saturated rings. The molecule has 2 aromatic rings. The van der Waals surface area contributed by atoms with Crippen LogP contribution >= 0.6 is 0 Å². The number of hydrogen-bond donors (Lipinski definition) is 1. The molecule has 1 N–H and O–H groups in total. The second-order valence-electron chi connectivity index (χ2n) is 4.37. The molecule has 94 valence electrons. The molecule has 0 aliphatic heterocycles. The highest BCUT2D eigenvalue weighted by Crippen LogP contribution is 2.21. The van der Waals surface area contributed by atoms with Crippen LogP contribution < -0.4 is 5.32 Å². The lowest BCUT2D eigenvalue weighted by Crippen LogP contribution is -2.17. The maximum absolute atomic E-state index is 11.6. The molecule has 0 aliphatic rings. The van der Waals surface area contributed by atoms with Crippen LogP contribution in [0.15, 0.2) is 28.8 Å².